The Bertz CT molecular complexity index is 445. The van der Waals surface area contributed by atoms with Crippen LogP contribution in [0.25, 0.3) is 0 Å². The lowest BCUT2D eigenvalue weighted by molar-refractivity contribution is 0.0781. The molecule has 1 aromatic rings. The molecular formula is C13H21N5O. The Balaban J connectivity index is 2.08. The summed E-state index contributed by atoms with van der Waals surface area (Å²) in [6.07, 6.45) is 1.56. The Morgan fingerprint density at radius 2 is 2.21 bits per heavy atom. The second kappa shape index (κ2) is 5.54. The number of carbonyl (C=O) groups is 1. The maximum atomic E-state index is 12.4. The van der Waals surface area contributed by atoms with E-state index in [2.05, 4.69) is 36.3 Å². The Morgan fingerprint density at radius 3 is 2.68 bits per heavy atom. The minimum atomic E-state index is 0.0345. The molecule has 1 fully saturated rings. The first-order valence-corrected chi connectivity index (χ1v) is 6.41. The number of amides is 1. The second-order valence-electron chi connectivity index (χ2n) is 5.29. The first kappa shape index (κ1) is 13.8. The highest BCUT2D eigenvalue weighted by molar-refractivity contribution is 5.94. The number of likely N-dealkylation sites (tertiary alicyclic amines) is 1. The first-order chi connectivity index (χ1) is 9.02. The van der Waals surface area contributed by atoms with Crippen molar-refractivity contribution in [1.29, 1.82) is 0 Å². The maximum Gasteiger partial charge on any atom is 0.255 e. The highest BCUT2D eigenvalue weighted by Crippen LogP contribution is 2.21. The molecule has 3 N–H and O–H groups in total. The molecule has 19 heavy (non-hydrogen) atoms. The van der Waals surface area contributed by atoms with Gasteiger partial charge in [-0.05, 0) is 32.1 Å². The lowest BCUT2D eigenvalue weighted by Crippen LogP contribution is -2.35. The van der Waals surface area contributed by atoms with Crippen molar-refractivity contribution in [3.05, 3.63) is 23.9 Å². The molecule has 2 unspecified atom stereocenters. The third-order valence-electron chi connectivity index (χ3n) is 3.68. The van der Waals surface area contributed by atoms with Crippen LogP contribution in [0.5, 0.6) is 0 Å². The average Bonchev–Trinajstić information content (AvgIpc) is 2.80. The predicted octanol–water partition coefficient (Wildman–Crippen LogP) is 0.389. The van der Waals surface area contributed by atoms with E-state index in [0.29, 0.717) is 23.3 Å². The molecule has 1 saturated heterocycles. The Hall–Kier alpha value is -1.66. The molecule has 1 amide bonds. The maximum absolute atomic E-state index is 12.4. The fraction of sp³-hybridized carbons (Fsp3) is 0.538. The van der Waals surface area contributed by atoms with E-state index in [1.807, 2.05) is 4.90 Å². The van der Waals surface area contributed by atoms with Gasteiger partial charge in [0.05, 0.1) is 5.56 Å². The molecule has 1 aliphatic rings. The fourth-order valence-electron chi connectivity index (χ4n) is 2.58. The minimum absolute atomic E-state index is 0.0345. The SMILES string of the molecule is CC1CN(C(=O)c2ccc(NN)nc2)CC1N(C)C. The van der Waals surface area contributed by atoms with Gasteiger partial charge in [-0.3, -0.25) is 4.79 Å². The molecule has 0 saturated carbocycles. The summed E-state index contributed by atoms with van der Waals surface area (Å²) in [5.74, 6) is 6.33. The molecule has 0 bridgehead atoms. The van der Waals surface area contributed by atoms with Crippen LogP contribution in [0.3, 0.4) is 0 Å². The van der Waals surface area contributed by atoms with E-state index >= 15 is 0 Å². The van der Waals surface area contributed by atoms with Crippen molar-refractivity contribution in [3.8, 4) is 0 Å². The van der Waals surface area contributed by atoms with Crippen molar-refractivity contribution in [3.63, 3.8) is 0 Å². The number of hydrogen-bond acceptors (Lipinski definition) is 5. The predicted molar refractivity (Wildman–Crippen MR) is 74.6 cm³/mol. The zero-order chi connectivity index (χ0) is 14.0. The number of likely N-dealkylation sites (N-methyl/N-ethyl adjacent to an activating group) is 1. The molecule has 0 aromatic carbocycles. The summed E-state index contributed by atoms with van der Waals surface area (Å²) < 4.78 is 0. The number of nitrogens with two attached hydrogens (primary N) is 1. The quantitative estimate of drug-likeness (QED) is 0.609. The summed E-state index contributed by atoms with van der Waals surface area (Å²) in [5, 5.41) is 0. The largest absolute Gasteiger partial charge is 0.337 e. The number of hydrazine groups is 1. The molecule has 1 aliphatic heterocycles. The fourth-order valence-corrected chi connectivity index (χ4v) is 2.58. The topological polar surface area (TPSA) is 74.5 Å². The van der Waals surface area contributed by atoms with Gasteiger partial charge in [0.25, 0.3) is 5.91 Å². The molecule has 104 valence electrons. The van der Waals surface area contributed by atoms with Crippen molar-refractivity contribution < 1.29 is 4.79 Å². The van der Waals surface area contributed by atoms with E-state index in [-0.39, 0.29) is 5.91 Å². The van der Waals surface area contributed by atoms with Gasteiger partial charge in [-0.2, -0.15) is 0 Å². The van der Waals surface area contributed by atoms with E-state index < -0.39 is 0 Å². The summed E-state index contributed by atoms with van der Waals surface area (Å²) in [6, 6.07) is 3.87. The van der Waals surface area contributed by atoms with E-state index in [1.54, 1.807) is 18.3 Å². The molecule has 0 aliphatic carbocycles. The zero-order valence-electron chi connectivity index (χ0n) is 11.6. The molecule has 2 heterocycles. The molecule has 6 nitrogen and oxygen atoms in total. The van der Waals surface area contributed by atoms with Crippen molar-refractivity contribution in [2.75, 3.05) is 32.6 Å². The van der Waals surface area contributed by atoms with Crippen LogP contribution in [0.4, 0.5) is 5.82 Å². The van der Waals surface area contributed by atoms with Gasteiger partial charge in [0.15, 0.2) is 0 Å². The number of aromatic nitrogens is 1. The number of pyridine rings is 1. The van der Waals surface area contributed by atoms with Gasteiger partial charge < -0.3 is 15.2 Å². The molecule has 0 spiro atoms. The van der Waals surface area contributed by atoms with Crippen molar-refractivity contribution >= 4 is 11.7 Å². The van der Waals surface area contributed by atoms with Crippen LogP contribution in [0, 0.1) is 5.92 Å². The van der Waals surface area contributed by atoms with Crippen LogP contribution in [0.15, 0.2) is 18.3 Å². The minimum Gasteiger partial charge on any atom is -0.337 e. The molecule has 0 radical (unpaired) electrons. The lowest BCUT2D eigenvalue weighted by atomic mass is 10.1. The van der Waals surface area contributed by atoms with Crippen LogP contribution in [0.1, 0.15) is 17.3 Å². The van der Waals surface area contributed by atoms with Crippen molar-refractivity contribution in [2.45, 2.75) is 13.0 Å². The zero-order valence-corrected chi connectivity index (χ0v) is 11.6. The number of carbonyl (C=O) groups excluding carboxylic acids is 1. The molecule has 1 aromatic heterocycles. The van der Waals surface area contributed by atoms with E-state index in [1.165, 1.54) is 0 Å². The standard InChI is InChI=1S/C13H21N5O/c1-9-7-18(8-11(9)17(2)3)13(19)10-4-5-12(16-14)15-6-10/h4-6,9,11H,7-8,14H2,1-3H3,(H,15,16). The summed E-state index contributed by atoms with van der Waals surface area (Å²) in [6.45, 7) is 3.74. The normalized spacial score (nSPS) is 22.9. The Labute approximate surface area is 113 Å². The Kier molecular flexibility index (Phi) is 4.01. The van der Waals surface area contributed by atoms with Crippen molar-refractivity contribution in [1.82, 2.24) is 14.8 Å². The van der Waals surface area contributed by atoms with Gasteiger partial charge in [0.2, 0.25) is 0 Å². The van der Waals surface area contributed by atoms with Gasteiger partial charge >= 0.3 is 0 Å². The van der Waals surface area contributed by atoms with E-state index in [4.69, 9.17) is 5.84 Å². The smallest absolute Gasteiger partial charge is 0.255 e. The lowest BCUT2D eigenvalue weighted by Gasteiger charge is -2.22. The van der Waals surface area contributed by atoms with Gasteiger partial charge in [-0.15, -0.1) is 0 Å². The van der Waals surface area contributed by atoms with Crippen molar-refractivity contribution in [2.24, 2.45) is 11.8 Å². The van der Waals surface area contributed by atoms with Gasteiger partial charge in [0.1, 0.15) is 5.82 Å². The number of hydrogen-bond donors (Lipinski definition) is 2. The average molecular weight is 263 g/mol. The first-order valence-electron chi connectivity index (χ1n) is 6.41. The highest BCUT2D eigenvalue weighted by atomic mass is 16.2. The monoisotopic (exact) mass is 263 g/mol. The summed E-state index contributed by atoms with van der Waals surface area (Å²) in [7, 11) is 4.11. The summed E-state index contributed by atoms with van der Waals surface area (Å²) in [4.78, 5) is 20.5. The summed E-state index contributed by atoms with van der Waals surface area (Å²) in [5.41, 5.74) is 3.05. The third-order valence-corrected chi connectivity index (χ3v) is 3.68. The number of anilines is 1. The van der Waals surface area contributed by atoms with E-state index in [9.17, 15) is 4.79 Å². The van der Waals surface area contributed by atoms with Gasteiger partial charge in [-0.25, -0.2) is 10.8 Å². The summed E-state index contributed by atoms with van der Waals surface area (Å²) >= 11 is 0. The molecular weight excluding hydrogens is 242 g/mol. The van der Waals surface area contributed by atoms with Crippen LogP contribution in [-0.4, -0.2) is 53.9 Å². The molecule has 6 heteroatoms. The van der Waals surface area contributed by atoms with Crippen LogP contribution in [-0.2, 0) is 0 Å². The highest BCUT2D eigenvalue weighted by Gasteiger charge is 2.33. The number of nitrogens with one attached hydrogen (secondary N) is 1. The van der Waals surface area contributed by atoms with Crippen LogP contribution < -0.4 is 11.3 Å². The van der Waals surface area contributed by atoms with Crippen LogP contribution in [0.2, 0.25) is 0 Å². The van der Waals surface area contributed by atoms with E-state index in [0.717, 1.165) is 13.1 Å². The third kappa shape index (κ3) is 2.85. The molecule has 2 rings (SSSR count). The Morgan fingerprint density at radius 1 is 1.47 bits per heavy atom. The second-order valence-corrected chi connectivity index (χ2v) is 5.29. The number of rotatable bonds is 3. The number of nitrogens with zero attached hydrogens (tertiary/aromatic N) is 3. The molecule has 2 atom stereocenters. The van der Waals surface area contributed by atoms with Gasteiger partial charge in [0, 0.05) is 25.3 Å². The van der Waals surface area contributed by atoms with Gasteiger partial charge in [-0.1, -0.05) is 6.92 Å². The number of nitrogen functional groups attached to an aromatic ring is 1. The van der Waals surface area contributed by atoms with Crippen LogP contribution >= 0.6 is 0 Å².